The lowest BCUT2D eigenvalue weighted by Crippen LogP contribution is -2.10. The third-order valence-electron chi connectivity index (χ3n) is 3.63. The Balaban J connectivity index is 1.59. The Morgan fingerprint density at radius 3 is 2.58 bits per heavy atom. The van der Waals surface area contributed by atoms with Crippen LogP contribution in [0.15, 0.2) is 60.0 Å². The van der Waals surface area contributed by atoms with Crippen LogP contribution in [0.3, 0.4) is 0 Å². The van der Waals surface area contributed by atoms with Gasteiger partial charge < -0.3 is 10.1 Å². The minimum Gasteiger partial charge on any atom is -0.489 e. The molecule has 0 aliphatic heterocycles. The number of hydrogen-bond donors (Lipinski definition) is 1. The van der Waals surface area contributed by atoms with Crippen molar-refractivity contribution < 1.29 is 14.3 Å². The number of ketones is 1. The molecule has 4 nitrogen and oxygen atoms in total. The quantitative estimate of drug-likeness (QED) is 0.575. The fourth-order valence-corrected chi connectivity index (χ4v) is 3.25. The number of carbonyl (C=O) groups excluding carboxylic acids is 2. The van der Waals surface area contributed by atoms with E-state index in [1.165, 1.54) is 18.3 Å². The topological polar surface area (TPSA) is 55.4 Å². The van der Waals surface area contributed by atoms with Crippen molar-refractivity contribution in [2.24, 2.45) is 0 Å². The Labute approximate surface area is 160 Å². The average molecular weight is 386 g/mol. The first-order valence-electron chi connectivity index (χ1n) is 7.89. The maximum absolute atomic E-state index is 12.3. The van der Waals surface area contributed by atoms with Gasteiger partial charge in [0.05, 0.1) is 4.88 Å². The monoisotopic (exact) mass is 385 g/mol. The number of Topliss-reactive ketones (excluding diaryl/α,β-unsaturated/α-hetero) is 1. The third-order valence-corrected chi connectivity index (χ3v) is 4.84. The highest BCUT2D eigenvalue weighted by atomic mass is 35.5. The van der Waals surface area contributed by atoms with Crippen molar-refractivity contribution in [3.05, 3.63) is 81.0 Å². The Morgan fingerprint density at radius 1 is 1.12 bits per heavy atom. The van der Waals surface area contributed by atoms with Crippen LogP contribution >= 0.6 is 22.9 Å². The molecule has 0 aliphatic rings. The molecular weight excluding hydrogens is 370 g/mol. The van der Waals surface area contributed by atoms with E-state index in [1.54, 1.807) is 42.5 Å². The van der Waals surface area contributed by atoms with E-state index in [1.807, 2.05) is 17.5 Å². The summed E-state index contributed by atoms with van der Waals surface area (Å²) in [7, 11) is 0. The zero-order valence-electron chi connectivity index (χ0n) is 14.0. The molecule has 6 heteroatoms. The largest absolute Gasteiger partial charge is 0.489 e. The van der Waals surface area contributed by atoms with Gasteiger partial charge in [-0.25, -0.2) is 0 Å². The van der Waals surface area contributed by atoms with Gasteiger partial charge in [-0.05, 0) is 60.8 Å². The molecule has 0 aliphatic carbocycles. The molecule has 0 unspecified atom stereocenters. The van der Waals surface area contributed by atoms with Crippen LogP contribution in [0.1, 0.15) is 32.5 Å². The average Bonchev–Trinajstić information content (AvgIpc) is 3.10. The number of anilines is 1. The molecule has 0 spiro atoms. The number of hydrogen-bond acceptors (Lipinski definition) is 4. The Kier molecular flexibility index (Phi) is 5.71. The zero-order chi connectivity index (χ0) is 18.5. The summed E-state index contributed by atoms with van der Waals surface area (Å²) in [5.74, 6) is 0.477. The summed E-state index contributed by atoms with van der Waals surface area (Å²) < 4.78 is 5.68. The van der Waals surface area contributed by atoms with E-state index in [4.69, 9.17) is 16.3 Å². The molecule has 0 fully saturated rings. The van der Waals surface area contributed by atoms with Gasteiger partial charge >= 0.3 is 0 Å². The van der Waals surface area contributed by atoms with Crippen LogP contribution in [0.4, 0.5) is 5.69 Å². The number of amides is 1. The Morgan fingerprint density at radius 2 is 1.88 bits per heavy atom. The Bertz CT molecular complexity index is 934. The first-order valence-corrected chi connectivity index (χ1v) is 9.15. The molecule has 1 heterocycles. The predicted molar refractivity (Wildman–Crippen MR) is 105 cm³/mol. The van der Waals surface area contributed by atoms with Gasteiger partial charge in [0, 0.05) is 21.8 Å². The Hall–Kier alpha value is -2.63. The van der Waals surface area contributed by atoms with Crippen molar-refractivity contribution in [1.82, 2.24) is 0 Å². The van der Waals surface area contributed by atoms with E-state index in [9.17, 15) is 9.59 Å². The van der Waals surface area contributed by atoms with Crippen molar-refractivity contribution in [3.63, 3.8) is 0 Å². The van der Waals surface area contributed by atoms with Gasteiger partial charge in [0.15, 0.2) is 5.78 Å². The SMILES string of the molecule is CC(=O)c1ccc(NC(=O)c2cc(COc3cccc(Cl)c3)cs2)cc1. The molecule has 1 N–H and O–H groups in total. The number of halogens is 1. The van der Waals surface area contributed by atoms with E-state index in [2.05, 4.69) is 5.32 Å². The van der Waals surface area contributed by atoms with Gasteiger partial charge in [-0.3, -0.25) is 9.59 Å². The highest BCUT2D eigenvalue weighted by Crippen LogP contribution is 2.21. The molecule has 1 amide bonds. The van der Waals surface area contributed by atoms with Crippen LogP contribution < -0.4 is 10.1 Å². The summed E-state index contributed by atoms with van der Waals surface area (Å²) in [6, 6.07) is 15.8. The van der Waals surface area contributed by atoms with Crippen LogP contribution in [0.25, 0.3) is 0 Å². The van der Waals surface area contributed by atoms with Crippen molar-refractivity contribution in [1.29, 1.82) is 0 Å². The van der Waals surface area contributed by atoms with Crippen molar-refractivity contribution >= 4 is 40.3 Å². The first-order chi connectivity index (χ1) is 12.5. The molecular formula is C20H16ClNO3S. The molecule has 0 radical (unpaired) electrons. The summed E-state index contributed by atoms with van der Waals surface area (Å²) >= 11 is 7.28. The van der Waals surface area contributed by atoms with E-state index in [0.29, 0.717) is 33.5 Å². The van der Waals surface area contributed by atoms with Crippen molar-refractivity contribution in [2.45, 2.75) is 13.5 Å². The van der Waals surface area contributed by atoms with Gasteiger partial charge in [-0.1, -0.05) is 17.7 Å². The highest BCUT2D eigenvalue weighted by molar-refractivity contribution is 7.12. The maximum Gasteiger partial charge on any atom is 0.265 e. The number of benzene rings is 2. The zero-order valence-corrected chi connectivity index (χ0v) is 15.6. The second kappa shape index (κ2) is 8.17. The number of carbonyl (C=O) groups is 2. The summed E-state index contributed by atoms with van der Waals surface area (Å²) in [5.41, 5.74) is 2.16. The lowest BCUT2D eigenvalue weighted by Gasteiger charge is -2.05. The van der Waals surface area contributed by atoms with Crippen molar-refractivity contribution in [2.75, 3.05) is 5.32 Å². The van der Waals surface area contributed by atoms with Crippen LogP contribution in [-0.4, -0.2) is 11.7 Å². The highest BCUT2D eigenvalue weighted by Gasteiger charge is 2.10. The van der Waals surface area contributed by atoms with Crippen LogP contribution in [0, 0.1) is 0 Å². The smallest absolute Gasteiger partial charge is 0.265 e. The van der Waals surface area contributed by atoms with Gasteiger partial charge in [-0.2, -0.15) is 0 Å². The molecule has 0 saturated heterocycles. The second-order valence-electron chi connectivity index (χ2n) is 5.65. The molecule has 1 aromatic heterocycles. The first kappa shape index (κ1) is 18.2. The van der Waals surface area contributed by atoms with Crippen molar-refractivity contribution in [3.8, 4) is 5.75 Å². The van der Waals surface area contributed by atoms with Gasteiger partial charge in [0.2, 0.25) is 0 Å². The molecule has 0 atom stereocenters. The van der Waals surface area contributed by atoms with Gasteiger partial charge in [-0.15, -0.1) is 11.3 Å². The van der Waals surface area contributed by atoms with Crippen LogP contribution in [0.2, 0.25) is 5.02 Å². The van der Waals surface area contributed by atoms with E-state index in [0.717, 1.165) is 5.56 Å². The summed E-state index contributed by atoms with van der Waals surface area (Å²) in [4.78, 5) is 24.2. The summed E-state index contributed by atoms with van der Waals surface area (Å²) in [5, 5.41) is 5.32. The van der Waals surface area contributed by atoms with Crippen LogP contribution in [0.5, 0.6) is 5.75 Å². The minimum absolute atomic E-state index is 0.00882. The van der Waals surface area contributed by atoms with E-state index < -0.39 is 0 Å². The molecule has 26 heavy (non-hydrogen) atoms. The standard InChI is InChI=1S/C20H16ClNO3S/c1-13(23)15-5-7-17(8-6-15)22-20(24)19-9-14(12-26-19)11-25-18-4-2-3-16(21)10-18/h2-10,12H,11H2,1H3,(H,22,24). The normalized spacial score (nSPS) is 10.4. The molecule has 2 aromatic carbocycles. The summed E-state index contributed by atoms with van der Waals surface area (Å²) in [6.45, 7) is 1.86. The predicted octanol–water partition coefficient (Wildman–Crippen LogP) is 5.44. The molecule has 0 bridgehead atoms. The summed E-state index contributed by atoms with van der Waals surface area (Å²) in [6.07, 6.45) is 0. The maximum atomic E-state index is 12.3. The second-order valence-corrected chi connectivity index (χ2v) is 7.00. The fraction of sp³-hybridized carbons (Fsp3) is 0.100. The van der Waals surface area contributed by atoms with Crippen LogP contribution in [-0.2, 0) is 6.61 Å². The molecule has 3 aromatic rings. The number of nitrogens with one attached hydrogen (secondary N) is 1. The van der Waals surface area contributed by atoms with E-state index in [-0.39, 0.29) is 11.7 Å². The number of rotatable bonds is 6. The number of thiophene rings is 1. The van der Waals surface area contributed by atoms with Gasteiger partial charge in [0.1, 0.15) is 12.4 Å². The third kappa shape index (κ3) is 4.71. The van der Waals surface area contributed by atoms with E-state index >= 15 is 0 Å². The molecule has 3 rings (SSSR count). The molecule has 0 saturated carbocycles. The lowest BCUT2D eigenvalue weighted by atomic mass is 10.1. The number of ether oxygens (including phenoxy) is 1. The molecule has 132 valence electrons. The fourth-order valence-electron chi connectivity index (χ4n) is 2.27. The van der Waals surface area contributed by atoms with Gasteiger partial charge in [0.25, 0.3) is 5.91 Å². The lowest BCUT2D eigenvalue weighted by molar-refractivity contribution is 0.101. The minimum atomic E-state index is -0.195.